The van der Waals surface area contributed by atoms with Gasteiger partial charge in [0, 0.05) is 35.1 Å². The van der Waals surface area contributed by atoms with Gasteiger partial charge in [-0.15, -0.1) is 0 Å². The zero-order chi connectivity index (χ0) is 34.8. The first kappa shape index (κ1) is 36.6. The van der Waals surface area contributed by atoms with Crippen LogP contribution in [0.5, 0.6) is 11.5 Å². The van der Waals surface area contributed by atoms with Gasteiger partial charge in [0.1, 0.15) is 12.6 Å². The van der Waals surface area contributed by atoms with Crippen molar-refractivity contribution in [3.63, 3.8) is 0 Å². The maximum atomic E-state index is 14.6. The lowest BCUT2D eigenvalue weighted by Gasteiger charge is -2.34. The van der Waals surface area contributed by atoms with E-state index < -0.39 is 28.5 Å². The van der Waals surface area contributed by atoms with Crippen molar-refractivity contribution < 1.29 is 27.5 Å². The minimum absolute atomic E-state index is 0.0468. The van der Waals surface area contributed by atoms with Crippen molar-refractivity contribution in [2.45, 2.75) is 50.2 Å². The highest BCUT2D eigenvalue weighted by Gasteiger charge is 2.35. The molecule has 0 fully saturated rings. The Bertz CT molecular complexity index is 1810. The maximum Gasteiger partial charge on any atom is 0.264 e. The standard InChI is InChI=1S/C36H39Cl2N3O6S/c1-5-25(2)39-36(43)32(21-26-11-7-6-8-12-26)40(23-27-13-9-10-14-31(27)38)35(42)24-41(29-17-15-28(37)16-18-29)48(44,45)30-19-20-33(46-3)34(22-30)47-4/h6-20,22,25,32H,5,21,23-24H2,1-4H3,(H,39,43)/t25-,32-/m1/s1. The third-order valence-corrected chi connectivity index (χ3v) is 10.3. The molecule has 4 aromatic rings. The normalized spacial score (nSPS) is 12.5. The van der Waals surface area contributed by atoms with Crippen LogP contribution in [-0.4, -0.2) is 58.0 Å². The number of ether oxygens (including phenoxy) is 2. The summed E-state index contributed by atoms with van der Waals surface area (Å²) >= 11 is 12.7. The molecule has 9 nitrogen and oxygen atoms in total. The summed E-state index contributed by atoms with van der Waals surface area (Å²) in [6.45, 7) is 3.15. The van der Waals surface area contributed by atoms with E-state index in [1.54, 1.807) is 24.3 Å². The summed E-state index contributed by atoms with van der Waals surface area (Å²) in [4.78, 5) is 29.9. The van der Waals surface area contributed by atoms with E-state index in [9.17, 15) is 18.0 Å². The van der Waals surface area contributed by atoms with Crippen molar-refractivity contribution in [3.05, 3.63) is 118 Å². The largest absolute Gasteiger partial charge is 0.493 e. The zero-order valence-corrected chi connectivity index (χ0v) is 29.6. The molecule has 12 heteroatoms. The highest BCUT2D eigenvalue weighted by Crippen LogP contribution is 2.33. The minimum atomic E-state index is -4.38. The molecular weight excluding hydrogens is 673 g/mol. The molecule has 0 aliphatic heterocycles. The van der Waals surface area contributed by atoms with Crippen LogP contribution in [0.15, 0.2) is 102 Å². The SMILES string of the molecule is CC[C@@H](C)NC(=O)[C@@H](Cc1ccccc1)N(Cc1ccccc1Cl)C(=O)CN(c1ccc(Cl)cc1)S(=O)(=O)c1ccc(OC)c(OC)c1. The molecular formula is C36H39Cl2N3O6S. The number of hydrogen-bond acceptors (Lipinski definition) is 6. The van der Waals surface area contributed by atoms with Crippen LogP contribution in [0.3, 0.4) is 0 Å². The van der Waals surface area contributed by atoms with E-state index in [-0.39, 0.29) is 41.2 Å². The first-order valence-electron chi connectivity index (χ1n) is 15.4. The van der Waals surface area contributed by atoms with Crippen LogP contribution in [0.2, 0.25) is 10.0 Å². The van der Waals surface area contributed by atoms with E-state index >= 15 is 0 Å². The number of anilines is 1. The molecule has 0 aliphatic carbocycles. The van der Waals surface area contributed by atoms with Gasteiger partial charge in [0.15, 0.2) is 11.5 Å². The molecule has 1 N–H and O–H groups in total. The topological polar surface area (TPSA) is 105 Å². The fraction of sp³-hybridized carbons (Fsp3) is 0.278. The summed E-state index contributed by atoms with van der Waals surface area (Å²) in [5.41, 5.74) is 1.62. The first-order valence-corrected chi connectivity index (χ1v) is 17.6. The van der Waals surface area contributed by atoms with Gasteiger partial charge in [-0.05, 0) is 66.9 Å². The number of sulfonamides is 1. The Labute approximate surface area is 292 Å². The summed E-state index contributed by atoms with van der Waals surface area (Å²) in [7, 11) is -1.53. The van der Waals surface area contributed by atoms with Crippen LogP contribution >= 0.6 is 23.2 Å². The summed E-state index contributed by atoms with van der Waals surface area (Å²) in [5.74, 6) is -0.443. The number of nitrogens with one attached hydrogen (secondary N) is 1. The summed E-state index contributed by atoms with van der Waals surface area (Å²) in [6, 6.07) is 25.5. The molecule has 0 saturated carbocycles. The van der Waals surface area contributed by atoms with E-state index in [0.717, 1.165) is 9.87 Å². The number of amides is 2. The van der Waals surface area contributed by atoms with Gasteiger partial charge in [0.05, 0.1) is 24.8 Å². The van der Waals surface area contributed by atoms with E-state index in [4.69, 9.17) is 32.7 Å². The highest BCUT2D eigenvalue weighted by molar-refractivity contribution is 7.92. The summed E-state index contributed by atoms with van der Waals surface area (Å²) < 4.78 is 40.4. The van der Waals surface area contributed by atoms with E-state index in [0.29, 0.717) is 27.8 Å². The van der Waals surface area contributed by atoms with Gasteiger partial charge >= 0.3 is 0 Å². The number of carbonyl (C=O) groups excluding carboxylic acids is 2. The molecule has 4 aromatic carbocycles. The smallest absolute Gasteiger partial charge is 0.264 e. The highest BCUT2D eigenvalue weighted by atomic mass is 35.5. The lowest BCUT2D eigenvalue weighted by molar-refractivity contribution is -0.140. The predicted molar refractivity (Wildman–Crippen MR) is 189 cm³/mol. The fourth-order valence-corrected chi connectivity index (χ4v) is 6.80. The number of methoxy groups -OCH3 is 2. The van der Waals surface area contributed by atoms with Gasteiger partial charge < -0.3 is 19.7 Å². The van der Waals surface area contributed by atoms with Crippen molar-refractivity contribution in [1.82, 2.24) is 10.2 Å². The Morgan fingerprint density at radius 1 is 0.854 bits per heavy atom. The van der Waals surface area contributed by atoms with Crippen LogP contribution < -0.4 is 19.1 Å². The third-order valence-electron chi connectivity index (χ3n) is 7.91. The van der Waals surface area contributed by atoms with E-state index in [2.05, 4.69) is 5.32 Å². The van der Waals surface area contributed by atoms with Gasteiger partial charge in [-0.1, -0.05) is 78.7 Å². The zero-order valence-electron chi connectivity index (χ0n) is 27.2. The van der Waals surface area contributed by atoms with Crippen molar-refractivity contribution in [3.8, 4) is 11.5 Å². The number of rotatable bonds is 15. The number of nitrogens with zero attached hydrogens (tertiary/aromatic N) is 2. The number of hydrogen-bond donors (Lipinski definition) is 1. The Morgan fingerprint density at radius 2 is 1.50 bits per heavy atom. The average molecular weight is 713 g/mol. The second-order valence-electron chi connectivity index (χ2n) is 11.1. The Hall–Kier alpha value is -4.25. The molecule has 4 rings (SSSR count). The average Bonchev–Trinajstić information content (AvgIpc) is 3.09. The third kappa shape index (κ3) is 9.00. The Morgan fingerprint density at radius 3 is 2.12 bits per heavy atom. The molecule has 0 spiro atoms. The molecule has 0 aliphatic rings. The van der Waals surface area contributed by atoms with Crippen LogP contribution in [0.1, 0.15) is 31.4 Å². The summed E-state index contributed by atoms with van der Waals surface area (Å²) in [6.07, 6.45) is 0.860. The van der Waals surface area contributed by atoms with Gasteiger partial charge in [-0.25, -0.2) is 8.42 Å². The lowest BCUT2D eigenvalue weighted by Crippen LogP contribution is -2.54. The second-order valence-corrected chi connectivity index (χ2v) is 13.8. The molecule has 2 amide bonds. The van der Waals surface area contributed by atoms with E-state index in [1.165, 1.54) is 61.6 Å². The molecule has 0 bridgehead atoms. The van der Waals surface area contributed by atoms with Crippen LogP contribution in [-0.2, 0) is 32.6 Å². The molecule has 0 saturated heterocycles. The molecule has 48 heavy (non-hydrogen) atoms. The van der Waals surface area contributed by atoms with Gasteiger partial charge in [0.25, 0.3) is 10.0 Å². The molecule has 254 valence electrons. The van der Waals surface area contributed by atoms with Crippen LogP contribution in [0.25, 0.3) is 0 Å². The number of carbonyl (C=O) groups is 2. The van der Waals surface area contributed by atoms with Crippen LogP contribution in [0.4, 0.5) is 5.69 Å². The van der Waals surface area contributed by atoms with Gasteiger partial charge in [-0.3, -0.25) is 13.9 Å². The Kier molecular flexibility index (Phi) is 12.7. The summed E-state index contributed by atoms with van der Waals surface area (Å²) in [5, 5.41) is 3.81. The fourth-order valence-electron chi connectivity index (χ4n) is 5.05. The van der Waals surface area contributed by atoms with Crippen LogP contribution in [0, 0.1) is 0 Å². The first-order chi connectivity index (χ1) is 23.0. The quantitative estimate of drug-likeness (QED) is 0.146. The van der Waals surface area contributed by atoms with Crippen molar-refractivity contribution >= 4 is 50.7 Å². The van der Waals surface area contributed by atoms with Gasteiger partial charge in [0.2, 0.25) is 11.8 Å². The predicted octanol–water partition coefficient (Wildman–Crippen LogP) is 6.76. The molecule has 0 unspecified atom stereocenters. The Balaban J connectivity index is 1.84. The monoisotopic (exact) mass is 711 g/mol. The molecule has 0 heterocycles. The number of benzene rings is 4. The minimum Gasteiger partial charge on any atom is -0.493 e. The molecule has 0 aromatic heterocycles. The molecule has 0 radical (unpaired) electrons. The second kappa shape index (κ2) is 16.7. The van der Waals surface area contributed by atoms with Crippen molar-refractivity contribution in [1.29, 1.82) is 0 Å². The van der Waals surface area contributed by atoms with Crippen molar-refractivity contribution in [2.75, 3.05) is 25.1 Å². The lowest BCUT2D eigenvalue weighted by atomic mass is 10.0. The van der Waals surface area contributed by atoms with E-state index in [1.807, 2.05) is 44.2 Å². The van der Waals surface area contributed by atoms with Gasteiger partial charge in [-0.2, -0.15) is 0 Å². The number of halogens is 2. The maximum absolute atomic E-state index is 14.6. The molecule has 2 atom stereocenters. The van der Waals surface area contributed by atoms with Crippen molar-refractivity contribution in [2.24, 2.45) is 0 Å².